The van der Waals surface area contributed by atoms with Gasteiger partial charge in [-0.15, -0.1) is 0 Å². The number of rotatable bonds is 3. The van der Waals surface area contributed by atoms with Crippen molar-refractivity contribution in [1.82, 2.24) is 19.3 Å². The average molecular weight is 191 g/mol. The fraction of sp³-hybridized carbons (Fsp3) is 0.333. The lowest BCUT2D eigenvalue weighted by atomic mass is 10.4. The van der Waals surface area contributed by atoms with E-state index >= 15 is 0 Å². The number of aryl methyl sites for hydroxylation is 2. The van der Waals surface area contributed by atoms with Crippen LogP contribution in [-0.4, -0.2) is 19.3 Å². The number of imidazole rings is 1. The van der Waals surface area contributed by atoms with Crippen LogP contribution >= 0.6 is 0 Å². The van der Waals surface area contributed by atoms with Gasteiger partial charge < -0.3 is 9.88 Å². The summed E-state index contributed by atoms with van der Waals surface area (Å²) in [4.78, 5) is 4.04. The average Bonchev–Trinajstić information content (AvgIpc) is 2.72. The number of hydrogen-bond acceptors (Lipinski definition) is 3. The Kier molecular flexibility index (Phi) is 2.22. The summed E-state index contributed by atoms with van der Waals surface area (Å²) in [6.07, 6.45) is 7.39. The van der Waals surface area contributed by atoms with Crippen molar-refractivity contribution in [2.75, 3.05) is 5.32 Å². The zero-order chi connectivity index (χ0) is 9.97. The molecule has 2 rings (SSSR count). The largest absolute Gasteiger partial charge is 0.377 e. The number of hydrogen-bond donors (Lipinski definition) is 1. The summed E-state index contributed by atoms with van der Waals surface area (Å²) in [5, 5.41) is 7.34. The summed E-state index contributed by atoms with van der Waals surface area (Å²) >= 11 is 0. The highest BCUT2D eigenvalue weighted by atomic mass is 15.3. The molecule has 5 heteroatoms. The summed E-state index contributed by atoms with van der Waals surface area (Å²) < 4.78 is 3.76. The van der Waals surface area contributed by atoms with E-state index in [2.05, 4.69) is 15.4 Å². The van der Waals surface area contributed by atoms with Crippen molar-refractivity contribution in [2.24, 2.45) is 14.1 Å². The highest BCUT2D eigenvalue weighted by Crippen LogP contribution is 2.06. The Labute approximate surface area is 82.4 Å². The number of nitrogens with one attached hydrogen (secondary N) is 1. The van der Waals surface area contributed by atoms with E-state index in [1.807, 2.05) is 31.1 Å². The fourth-order valence-electron chi connectivity index (χ4n) is 1.26. The molecule has 0 aliphatic heterocycles. The van der Waals surface area contributed by atoms with Crippen LogP contribution in [0.25, 0.3) is 0 Å². The van der Waals surface area contributed by atoms with Gasteiger partial charge in [-0.3, -0.25) is 4.68 Å². The van der Waals surface area contributed by atoms with E-state index in [9.17, 15) is 0 Å². The first-order valence-electron chi connectivity index (χ1n) is 4.43. The van der Waals surface area contributed by atoms with Crippen LogP contribution in [-0.2, 0) is 20.6 Å². The Morgan fingerprint density at radius 1 is 1.36 bits per heavy atom. The molecule has 0 aromatic carbocycles. The molecule has 14 heavy (non-hydrogen) atoms. The van der Waals surface area contributed by atoms with E-state index in [1.54, 1.807) is 17.2 Å². The maximum atomic E-state index is 4.07. The van der Waals surface area contributed by atoms with Gasteiger partial charge in [0.05, 0.1) is 30.5 Å². The predicted molar refractivity (Wildman–Crippen MR) is 53.7 cm³/mol. The van der Waals surface area contributed by atoms with Gasteiger partial charge >= 0.3 is 0 Å². The quantitative estimate of drug-likeness (QED) is 0.779. The molecular weight excluding hydrogens is 178 g/mol. The number of aromatic nitrogens is 4. The molecule has 74 valence electrons. The second-order valence-electron chi connectivity index (χ2n) is 3.25. The number of nitrogens with zero attached hydrogens (tertiary/aromatic N) is 4. The van der Waals surface area contributed by atoms with Crippen LogP contribution in [0.2, 0.25) is 0 Å². The molecule has 0 aliphatic carbocycles. The molecule has 2 heterocycles. The van der Waals surface area contributed by atoms with Gasteiger partial charge in [0, 0.05) is 26.5 Å². The predicted octanol–water partition coefficient (Wildman–Crippen LogP) is 0.766. The minimum atomic E-state index is 0.766. The van der Waals surface area contributed by atoms with E-state index < -0.39 is 0 Å². The third-order valence-electron chi connectivity index (χ3n) is 2.09. The summed E-state index contributed by atoms with van der Waals surface area (Å²) in [5.41, 5.74) is 2.17. The molecule has 5 nitrogen and oxygen atoms in total. The molecule has 0 radical (unpaired) electrons. The molecule has 2 aromatic rings. The molecule has 0 saturated heterocycles. The van der Waals surface area contributed by atoms with Crippen molar-refractivity contribution in [2.45, 2.75) is 6.54 Å². The topological polar surface area (TPSA) is 47.7 Å². The van der Waals surface area contributed by atoms with Crippen molar-refractivity contribution in [3.63, 3.8) is 0 Å². The van der Waals surface area contributed by atoms with E-state index in [0.717, 1.165) is 17.9 Å². The molecule has 0 unspecified atom stereocenters. The second kappa shape index (κ2) is 3.53. The molecule has 1 N–H and O–H groups in total. The fourth-order valence-corrected chi connectivity index (χ4v) is 1.26. The molecular formula is C9H13N5. The Morgan fingerprint density at radius 2 is 2.21 bits per heavy atom. The van der Waals surface area contributed by atoms with Crippen LogP contribution in [0.4, 0.5) is 5.69 Å². The maximum Gasteiger partial charge on any atom is 0.0946 e. The molecule has 0 saturated carbocycles. The lowest BCUT2D eigenvalue weighted by Crippen LogP contribution is -2.03. The van der Waals surface area contributed by atoms with Crippen molar-refractivity contribution in [3.05, 3.63) is 30.6 Å². The maximum absolute atomic E-state index is 4.07. The second-order valence-corrected chi connectivity index (χ2v) is 3.25. The molecule has 0 aliphatic rings. The number of anilines is 1. The van der Waals surface area contributed by atoms with Gasteiger partial charge in [0.15, 0.2) is 0 Å². The normalized spacial score (nSPS) is 10.4. The van der Waals surface area contributed by atoms with E-state index in [4.69, 9.17) is 0 Å². The first-order chi connectivity index (χ1) is 6.75. The van der Waals surface area contributed by atoms with E-state index in [0.29, 0.717) is 0 Å². The Hall–Kier alpha value is -1.78. The monoisotopic (exact) mass is 191 g/mol. The van der Waals surface area contributed by atoms with E-state index in [-0.39, 0.29) is 0 Å². The van der Waals surface area contributed by atoms with Gasteiger partial charge in [-0.25, -0.2) is 4.98 Å². The highest BCUT2D eigenvalue weighted by Gasteiger charge is 1.98. The molecule has 0 spiro atoms. The van der Waals surface area contributed by atoms with Crippen molar-refractivity contribution < 1.29 is 0 Å². The lowest BCUT2D eigenvalue weighted by molar-refractivity contribution is 0.767. The molecule has 0 amide bonds. The zero-order valence-corrected chi connectivity index (χ0v) is 8.31. The van der Waals surface area contributed by atoms with Crippen LogP contribution in [0.3, 0.4) is 0 Å². The smallest absolute Gasteiger partial charge is 0.0946 e. The lowest BCUT2D eigenvalue weighted by Gasteiger charge is -2.03. The molecule has 0 atom stereocenters. The molecule has 0 fully saturated rings. The van der Waals surface area contributed by atoms with Gasteiger partial charge in [-0.1, -0.05) is 0 Å². The van der Waals surface area contributed by atoms with Crippen LogP contribution in [0, 0.1) is 0 Å². The van der Waals surface area contributed by atoms with Crippen LogP contribution < -0.4 is 5.32 Å². The van der Waals surface area contributed by atoms with Gasteiger partial charge in [-0.2, -0.15) is 5.10 Å². The van der Waals surface area contributed by atoms with Gasteiger partial charge in [-0.05, 0) is 0 Å². The van der Waals surface area contributed by atoms with Crippen LogP contribution in [0.15, 0.2) is 24.9 Å². The van der Waals surface area contributed by atoms with Gasteiger partial charge in [0.25, 0.3) is 0 Å². The highest BCUT2D eigenvalue weighted by molar-refractivity contribution is 5.38. The van der Waals surface area contributed by atoms with Gasteiger partial charge in [0.1, 0.15) is 0 Å². The standard InChI is InChI=1S/C9H13N5/c1-13-7-10-4-9(13)5-11-8-3-12-14(2)6-8/h3-4,6-7,11H,5H2,1-2H3. The zero-order valence-electron chi connectivity index (χ0n) is 8.31. The van der Waals surface area contributed by atoms with Crippen LogP contribution in [0.1, 0.15) is 5.69 Å². The molecule has 2 aromatic heterocycles. The van der Waals surface area contributed by atoms with Gasteiger partial charge in [0.2, 0.25) is 0 Å². The minimum Gasteiger partial charge on any atom is -0.377 e. The first kappa shape index (κ1) is 8.80. The van der Waals surface area contributed by atoms with Crippen molar-refractivity contribution in [3.8, 4) is 0 Å². The minimum absolute atomic E-state index is 0.766. The Morgan fingerprint density at radius 3 is 2.79 bits per heavy atom. The summed E-state index contributed by atoms with van der Waals surface area (Å²) in [5.74, 6) is 0. The summed E-state index contributed by atoms with van der Waals surface area (Å²) in [6.45, 7) is 0.766. The third kappa shape index (κ3) is 1.76. The SMILES string of the molecule is Cn1cc(NCc2cncn2C)cn1. The summed E-state index contributed by atoms with van der Waals surface area (Å²) in [6, 6.07) is 0. The molecule has 0 bridgehead atoms. The van der Waals surface area contributed by atoms with Crippen LogP contribution in [0.5, 0.6) is 0 Å². The first-order valence-corrected chi connectivity index (χ1v) is 4.43. The van der Waals surface area contributed by atoms with Crippen molar-refractivity contribution >= 4 is 5.69 Å². The Bertz CT molecular complexity index is 414. The van der Waals surface area contributed by atoms with E-state index in [1.165, 1.54) is 0 Å². The third-order valence-corrected chi connectivity index (χ3v) is 2.09. The van der Waals surface area contributed by atoms with Crippen molar-refractivity contribution in [1.29, 1.82) is 0 Å². The summed E-state index contributed by atoms with van der Waals surface area (Å²) in [7, 11) is 3.88. The Balaban J connectivity index is 1.98.